The summed E-state index contributed by atoms with van der Waals surface area (Å²) in [6.45, 7) is 6.88. The van der Waals surface area contributed by atoms with Crippen LogP contribution in [0.15, 0.2) is 17.8 Å². The zero-order chi connectivity index (χ0) is 13.1. The van der Waals surface area contributed by atoms with Crippen LogP contribution < -0.4 is 5.32 Å². The van der Waals surface area contributed by atoms with Crippen LogP contribution in [-0.2, 0) is 0 Å². The number of piperidine rings is 1. The van der Waals surface area contributed by atoms with E-state index < -0.39 is 0 Å². The van der Waals surface area contributed by atoms with Crippen molar-refractivity contribution in [3.8, 4) is 0 Å². The molecule has 1 aliphatic heterocycles. The van der Waals surface area contributed by atoms with E-state index in [1.165, 1.54) is 25.9 Å². The Morgan fingerprint density at radius 1 is 1.37 bits per heavy atom. The molecule has 2 aromatic heterocycles. The fraction of sp³-hybridized carbons (Fsp3) is 0.571. The molecule has 5 heteroatoms. The van der Waals surface area contributed by atoms with E-state index in [0.717, 1.165) is 35.0 Å². The van der Waals surface area contributed by atoms with Gasteiger partial charge in [-0.3, -0.25) is 0 Å². The van der Waals surface area contributed by atoms with Crippen molar-refractivity contribution in [3.63, 3.8) is 0 Å². The lowest BCUT2D eigenvalue weighted by molar-refractivity contribution is 0.199. The molecular weight excluding hydrogens is 256 g/mol. The lowest BCUT2D eigenvalue weighted by atomic mass is 9.99. The van der Waals surface area contributed by atoms with Crippen molar-refractivity contribution in [3.05, 3.63) is 17.8 Å². The fourth-order valence-electron chi connectivity index (χ4n) is 2.53. The Balaban J connectivity index is 1.53. The molecule has 1 saturated heterocycles. The molecule has 3 heterocycles. The van der Waals surface area contributed by atoms with E-state index in [2.05, 4.69) is 32.5 Å². The zero-order valence-electron chi connectivity index (χ0n) is 11.3. The van der Waals surface area contributed by atoms with Crippen LogP contribution in [0.3, 0.4) is 0 Å². The number of anilines is 1. The van der Waals surface area contributed by atoms with E-state index in [1.807, 2.05) is 6.07 Å². The monoisotopic (exact) mass is 276 g/mol. The number of hydrogen-bond acceptors (Lipinski definition) is 5. The summed E-state index contributed by atoms with van der Waals surface area (Å²) in [5.41, 5.74) is 1.04. The van der Waals surface area contributed by atoms with Crippen molar-refractivity contribution >= 4 is 27.4 Å². The maximum absolute atomic E-state index is 4.34. The minimum atomic E-state index is 0.900. The molecule has 2 aromatic rings. The molecule has 0 amide bonds. The van der Waals surface area contributed by atoms with E-state index in [1.54, 1.807) is 17.7 Å². The SMILES string of the molecule is CC1CCN(CCNc2ncnc3ccsc23)CC1. The highest BCUT2D eigenvalue weighted by Gasteiger charge is 2.15. The largest absolute Gasteiger partial charge is 0.367 e. The van der Waals surface area contributed by atoms with Crippen LogP contribution in [0.1, 0.15) is 19.8 Å². The van der Waals surface area contributed by atoms with E-state index in [0.29, 0.717) is 0 Å². The molecule has 0 saturated carbocycles. The van der Waals surface area contributed by atoms with Gasteiger partial charge in [-0.1, -0.05) is 6.92 Å². The lowest BCUT2D eigenvalue weighted by Crippen LogP contribution is -2.36. The van der Waals surface area contributed by atoms with Crippen LogP contribution in [0, 0.1) is 5.92 Å². The molecule has 0 bridgehead atoms. The summed E-state index contributed by atoms with van der Waals surface area (Å²) in [5, 5.41) is 5.52. The molecule has 0 unspecified atom stereocenters. The van der Waals surface area contributed by atoms with E-state index >= 15 is 0 Å². The van der Waals surface area contributed by atoms with Gasteiger partial charge in [-0.05, 0) is 43.3 Å². The predicted molar refractivity (Wildman–Crippen MR) is 80.7 cm³/mol. The van der Waals surface area contributed by atoms with Gasteiger partial charge in [0.1, 0.15) is 12.1 Å². The fourth-order valence-corrected chi connectivity index (χ4v) is 3.34. The van der Waals surface area contributed by atoms with E-state index in [9.17, 15) is 0 Å². The molecular formula is C14H20N4S. The predicted octanol–water partition coefficient (Wildman–Crippen LogP) is 2.84. The van der Waals surface area contributed by atoms with Crippen LogP contribution in [0.4, 0.5) is 5.82 Å². The van der Waals surface area contributed by atoms with Gasteiger partial charge >= 0.3 is 0 Å². The van der Waals surface area contributed by atoms with Crippen molar-refractivity contribution in [1.29, 1.82) is 0 Å². The first kappa shape index (κ1) is 12.8. The summed E-state index contributed by atoms with van der Waals surface area (Å²) in [6, 6.07) is 2.04. The Morgan fingerprint density at radius 3 is 3.05 bits per heavy atom. The van der Waals surface area contributed by atoms with Gasteiger partial charge in [0, 0.05) is 13.1 Å². The molecule has 1 fully saturated rings. The summed E-state index contributed by atoms with van der Waals surface area (Å²) in [5.74, 6) is 1.88. The molecule has 0 spiro atoms. The number of nitrogens with one attached hydrogen (secondary N) is 1. The average molecular weight is 276 g/mol. The summed E-state index contributed by atoms with van der Waals surface area (Å²) >= 11 is 1.70. The van der Waals surface area contributed by atoms with Gasteiger partial charge in [0.05, 0.1) is 10.2 Å². The van der Waals surface area contributed by atoms with Crippen molar-refractivity contribution in [2.45, 2.75) is 19.8 Å². The Morgan fingerprint density at radius 2 is 2.21 bits per heavy atom. The number of thiophene rings is 1. The summed E-state index contributed by atoms with van der Waals surface area (Å²) < 4.78 is 1.16. The second-order valence-electron chi connectivity index (χ2n) is 5.31. The number of hydrogen-bond donors (Lipinski definition) is 1. The van der Waals surface area contributed by atoms with Crippen molar-refractivity contribution in [2.75, 3.05) is 31.5 Å². The third-order valence-electron chi connectivity index (χ3n) is 3.84. The number of aromatic nitrogens is 2. The van der Waals surface area contributed by atoms with Gasteiger partial charge in [0.2, 0.25) is 0 Å². The summed E-state index contributed by atoms with van der Waals surface area (Å²) in [6.07, 6.45) is 4.31. The molecule has 1 N–H and O–H groups in total. The second-order valence-corrected chi connectivity index (χ2v) is 6.22. The first-order valence-corrected chi connectivity index (χ1v) is 7.85. The number of likely N-dealkylation sites (tertiary alicyclic amines) is 1. The molecule has 4 nitrogen and oxygen atoms in total. The summed E-state index contributed by atoms with van der Waals surface area (Å²) in [7, 11) is 0. The molecule has 102 valence electrons. The Kier molecular flexibility index (Phi) is 3.94. The molecule has 0 aromatic carbocycles. The van der Waals surface area contributed by atoms with Gasteiger partial charge in [-0.15, -0.1) is 11.3 Å². The van der Waals surface area contributed by atoms with E-state index in [-0.39, 0.29) is 0 Å². The normalized spacial score (nSPS) is 17.9. The Hall–Kier alpha value is -1.20. The second kappa shape index (κ2) is 5.84. The van der Waals surface area contributed by atoms with Crippen LogP contribution in [-0.4, -0.2) is 41.0 Å². The number of rotatable bonds is 4. The van der Waals surface area contributed by atoms with Gasteiger partial charge in [0.25, 0.3) is 0 Å². The molecule has 1 aliphatic rings. The topological polar surface area (TPSA) is 41.0 Å². The standard InChI is InChI=1S/C14H20N4S/c1-11-2-6-18(7-3-11)8-5-15-14-13-12(4-9-19-13)16-10-17-14/h4,9-11H,2-3,5-8H2,1H3,(H,15,16,17). The zero-order valence-corrected chi connectivity index (χ0v) is 12.1. The third-order valence-corrected chi connectivity index (χ3v) is 4.75. The van der Waals surface area contributed by atoms with Gasteiger partial charge in [0.15, 0.2) is 0 Å². The molecule has 19 heavy (non-hydrogen) atoms. The summed E-state index contributed by atoms with van der Waals surface area (Å²) in [4.78, 5) is 11.1. The maximum Gasteiger partial charge on any atom is 0.147 e. The smallest absolute Gasteiger partial charge is 0.147 e. The minimum Gasteiger partial charge on any atom is -0.367 e. The molecule has 0 radical (unpaired) electrons. The minimum absolute atomic E-state index is 0.900. The van der Waals surface area contributed by atoms with Crippen LogP contribution in [0.5, 0.6) is 0 Å². The Labute approximate surface area is 117 Å². The lowest BCUT2D eigenvalue weighted by Gasteiger charge is -2.30. The first-order valence-electron chi connectivity index (χ1n) is 6.97. The van der Waals surface area contributed by atoms with Crippen LogP contribution in [0.2, 0.25) is 0 Å². The quantitative estimate of drug-likeness (QED) is 0.932. The van der Waals surface area contributed by atoms with E-state index in [4.69, 9.17) is 0 Å². The van der Waals surface area contributed by atoms with Gasteiger partial charge < -0.3 is 10.2 Å². The van der Waals surface area contributed by atoms with Crippen LogP contribution in [0.25, 0.3) is 10.2 Å². The Bertz CT molecular complexity index is 531. The average Bonchev–Trinajstić information content (AvgIpc) is 2.90. The third kappa shape index (κ3) is 3.04. The number of nitrogens with zero attached hydrogens (tertiary/aromatic N) is 3. The maximum atomic E-state index is 4.34. The van der Waals surface area contributed by atoms with Gasteiger partial charge in [-0.2, -0.15) is 0 Å². The highest BCUT2D eigenvalue weighted by molar-refractivity contribution is 7.17. The van der Waals surface area contributed by atoms with Gasteiger partial charge in [-0.25, -0.2) is 9.97 Å². The van der Waals surface area contributed by atoms with Crippen molar-refractivity contribution in [2.24, 2.45) is 5.92 Å². The molecule has 0 aliphatic carbocycles. The molecule has 3 rings (SSSR count). The highest BCUT2D eigenvalue weighted by atomic mass is 32.1. The number of fused-ring (bicyclic) bond motifs is 1. The molecule has 0 atom stereocenters. The first-order chi connectivity index (χ1) is 9.33. The highest BCUT2D eigenvalue weighted by Crippen LogP contribution is 2.24. The van der Waals surface area contributed by atoms with Crippen molar-refractivity contribution < 1.29 is 0 Å². The van der Waals surface area contributed by atoms with Crippen LogP contribution >= 0.6 is 11.3 Å². The van der Waals surface area contributed by atoms with Crippen molar-refractivity contribution in [1.82, 2.24) is 14.9 Å².